The topological polar surface area (TPSA) is 274 Å². The molecule has 1 heterocycles. The van der Waals surface area contributed by atoms with Crippen molar-refractivity contribution in [1.82, 2.24) is 25.9 Å². The monoisotopic (exact) mass is 486 g/mol. The molecule has 1 aromatic heterocycles. The molecule has 10 N–H and O–H groups in total. The minimum Gasteiger partial charge on any atom is -0.481 e. The van der Waals surface area contributed by atoms with Crippen LogP contribution in [0.2, 0.25) is 0 Å². The number of carbonyl (C=O) groups is 6. The second-order valence-corrected chi connectivity index (χ2v) is 7.27. The van der Waals surface area contributed by atoms with Crippen molar-refractivity contribution in [2.24, 2.45) is 5.73 Å². The van der Waals surface area contributed by atoms with E-state index >= 15 is 0 Å². The number of amides is 3. The zero-order chi connectivity index (χ0) is 26.0. The molecule has 0 spiro atoms. The molecule has 0 fully saturated rings. The highest BCUT2D eigenvalue weighted by Crippen LogP contribution is 2.04. The van der Waals surface area contributed by atoms with Gasteiger partial charge in [0.05, 0.1) is 31.3 Å². The van der Waals surface area contributed by atoms with E-state index in [2.05, 4.69) is 20.6 Å². The molecule has 5 atom stereocenters. The van der Waals surface area contributed by atoms with Gasteiger partial charge in [0, 0.05) is 18.3 Å². The van der Waals surface area contributed by atoms with Crippen molar-refractivity contribution in [3.05, 3.63) is 18.2 Å². The minimum absolute atomic E-state index is 0.240. The lowest BCUT2D eigenvalue weighted by molar-refractivity contribution is -0.147. The van der Waals surface area contributed by atoms with Crippen LogP contribution in [0.15, 0.2) is 12.5 Å². The Hall–Kier alpha value is -4.05. The lowest BCUT2D eigenvalue weighted by atomic mass is 10.1. The zero-order valence-electron chi connectivity index (χ0n) is 17.9. The lowest BCUT2D eigenvalue weighted by Crippen LogP contribution is -2.60. The number of aliphatic hydroxyl groups excluding tert-OH is 1. The summed E-state index contributed by atoms with van der Waals surface area (Å²) >= 11 is 0. The van der Waals surface area contributed by atoms with Gasteiger partial charge in [0.1, 0.15) is 18.1 Å². The Kier molecular flexibility index (Phi) is 10.6. The average Bonchev–Trinajstić information content (AvgIpc) is 3.22. The molecule has 1 rings (SSSR count). The highest BCUT2D eigenvalue weighted by Gasteiger charge is 2.33. The molecule has 0 aliphatic carbocycles. The summed E-state index contributed by atoms with van der Waals surface area (Å²) in [5, 5.41) is 43.0. The van der Waals surface area contributed by atoms with Gasteiger partial charge < -0.3 is 47.1 Å². The predicted octanol–water partition coefficient (Wildman–Crippen LogP) is -3.85. The van der Waals surface area contributed by atoms with Gasteiger partial charge in [0.2, 0.25) is 17.7 Å². The molecule has 0 saturated carbocycles. The zero-order valence-corrected chi connectivity index (χ0v) is 17.9. The van der Waals surface area contributed by atoms with Crippen molar-refractivity contribution >= 4 is 35.6 Å². The van der Waals surface area contributed by atoms with Crippen molar-refractivity contribution in [3.8, 4) is 0 Å². The highest BCUT2D eigenvalue weighted by molar-refractivity contribution is 5.95. The number of hydrogen-bond acceptors (Lipinski definition) is 9. The van der Waals surface area contributed by atoms with Crippen molar-refractivity contribution in [1.29, 1.82) is 0 Å². The van der Waals surface area contributed by atoms with Crippen LogP contribution in [0, 0.1) is 0 Å². The van der Waals surface area contributed by atoms with E-state index < -0.39 is 78.7 Å². The Morgan fingerprint density at radius 2 is 1.53 bits per heavy atom. The molecule has 1 aromatic rings. The van der Waals surface area contributed by atoms with Crippen LogP contribution in [-0.2, 0) is 35.2 Å². The van der Waals surface area contributed by atoms with E-state index in [1.165, 1.54) is 12.5 Å². The molecule has 5 unspecified atom stereocenters. The first-order valence-corrected chi connectivity index (χ1v) is 9.80. The van der Waals surface area contributed by atoms with Gasteiger partial charge in [-0.2, -0.15) is 0 Å². The van der Waals surface area contributed by atoms with E-state index in [-0.39, 0.29) is 6.42 Å². The van der Waals surface area contributed by atoms with E-state index in [0.717, 1.165) is 6.92 Å². The van der Waals surface area contributed by atoms with Crippen LogP contribution in [-0.4, -0.2) is 96.3 Å². The first-order chi connectivity index (χ1) is 15.8. The number of aliphatic carboxylic acids is 3. The van der Waals surface area contributed by atoms with Crippen molar-refractivity contribution in [3.63, 3.8) is 0 Å². The smallest absolute Gasteiger partial charge is 0.326 e. The summed E-state index contributed by atoms with van der Waals surface area (Å²) in [6.07, 6.45) is -0.826. The van der Waals surface area contributed by atoms with Crippen LogP contribution in [0.1, 0.15) is 25.5 Å². The highest BCUT2D eigenvalue weighted by atomic mass is 16.4. The van der Waals surface area contributed by atoms with Crippen LogP contribution in [0.25, 0.3) is 0 Å². The number of carbonyl (C=O) groups excluding carboxylic acids is 3. The van der Waals surface area contributed by atoms with Gasteiger partial charge in [-0.3, -0.25) is 24.0 Å². The largest absolute Gasteiger partial charge is 0.481 e. The summed E-state index contributed by atoms with van der Waals surface area (Å²) in [6.45, 7) is 1.14. The summed E-state index contributed by atoms with van der Waals surface area (Å²) in [4.78, 5) is 76.8. The normalized spacial score (nSPS) is 15.1. The number of aromatic nitrogens is 2. The van der Waals surface area contributed by atoms with Gasteiger partial charge in [-0.05, 0) is 6.92 Å². The Morgan fingerprint density at radius 1 is 0.941 bits per heavy atom. The summed E-state index contributed by atoms with van der Waals surface area (Å²) in [5.74, 6) is -7.66. The van der Waals surface area contributed by atoms with E-state index in [9.17, 15) is 33.9 Å². The molecule has 188 valence electrons. The molecule has 0 aliphatic rings. The van der Waals surface area contributed by atoms with Gasteiger partial charge in [-0.15, -0.1) is 0 Å². The molecule has 16 heteroatoms. The third-order valence-corrected chi connectivity index (χ3v) is 4.40. The summed E-state index contributed by atoms with van der Waals surface area (Å²) in [6, 6.07) is -6.46. The number of aliphatic hydroxyl groups is 1. The van der Waals surface area contributed by atoms with E-state index in [1.54, 1.807) is 0 Å². The van der Waals surface area contributed by atoms with Crippen LogP contribution >= 0.6 is 0 Å². The van der Waals surface area contributed by atoms with Gasteiger partial charge in [0.25, 0.3) is 0 Å². The van der Waals surface area contributed by atoms with Crippen molar-refractivity contribution in [2.45, 2.75) is 56.5 Å². The molecule has 16 nitrogen and oxygen atoms in total. The fourth-order valence-corrected chi connectivity index (χ4v) is 2.68. The van der Waals surface area contributed by atoms with Gasteiger partial charge >= 0.3 is 17.9 Å². The quantitative estimate of drug-likeness (QED) is 0.122. The lowest BCUT2D eigenvalue weighted by Gasteiger charge is -2.26. The van der Waals surface area contributed by atoms with E-state index in [4.69, 9.17) is 21.1 Å². The first kappa shape index (κ1) is 28.0. The minimum atomic E-state index is -1.80. The van der Waals surface area contributed by atoms with Crippen molar-refractivity contribution < 1.29 is 49.2 Å². The Labute approximate surface area is 191 Å². The maximum Gasteiger partial charge on any atom is 0.326 e. The number of nitrogens with one attached hydrogen (secondary N) is 4. The number of hydrogen-bond donors (Lipinski definition) is 9. The molecule has 0 aliphatic heterocycles. The number of carboxylic acid groups (broad SMARTS) is 3. The number of nitrogens with two attached hydrogens (primary N) is 1. The Morgan fingerprint density at radius 3 is 2.00 bits per heavy atom. The fourth-order valence-electron chi connectivity index (χ4n) is 2.68. The number of H-pyrrole nitrogens is 1. The van der Waals surface area contributed by atoms with Crippen molar-refractivity contribution in [2.75, 3.05) is 0 Å². The first-order valence-electron chi connectivity index (χ1n) is 9.80. The maximum absolute atomic E-state index is 12.7. The third-order valence-electron chi connectivity index (χ3n) is 4.40. The second-order valence-electron chi connectivity index (χ2n) is 7.27. The molecular formula is C18H26N6O10. The van der Waals surface area contributed by atoms with Crippen LogP contribution < -0.4 is 21.7 Å². The predicted molar refractivity (Wildman–Crippen MR) is 110 cm³/mol. The molecule has 0 bridgehead atoms. The van der Waals surface area contributed by atoms with Crippen LogP contribution in [0.4, 0.5) is 0 Å². The van der Waals surface area contributed by atoms with E-state index in [1.807, 2.05) is 5.32 Å². The molecule has 0 radical (unpaired) electrons. The van der Waals surface area contributed by atoms with Crippen LogP contribution in [0.3, 0.4) is 0 Å². The standard InChI is InChI=1S/C18H26N6O10/c1-7(25)14(24-15(30)9(19)3-12(26)27)17(32)22-10(2-8-5-20-6-21-8)16(31)23-11(18(33)34)4-13(28)29/h5-7,9-11,14,25H,2-4,19H2,1H3,(H,20,21)(H,22,32)(H,23,31)(H,24,30)(H,26,27)(H,28,29)(H,33,34). The SMILES string of the molecule is CC(O)C(NC(=O)C(N)CC(=O)O)C(=O)NC(Cc1cnc[nH]1)C(=O)NC(CC(=O)O)C(=O)O. The fraction of sp³-hybridized carbons (Fsp3) is 0.500. The molecular weight excluding hydrogens is 460 g/mol. The molecule has 0 saturated heterocycles. The molecule has 3 amide bonds. The van der Waals surface area contributed by atoms with E-state index in [0.29, 0.717) is 5.69 Å². The number of nitrogens with zero attached hydrogens (tertiary/aromatic N) is 1. The molecule has 0 aromatic carbocycles. The summed E-state index contributed by atoms with van der Waals surface area (Å²) in [7, 11) is 0. The van der Waals surface area contributed by atoms with Gasteiger partial charge in [0.15, 0.2) is 0 Å². The second kappa shape index (κ2) is 12.9. The number of carboxylic acids is 3. The summed E-state index contributed by atoms with van der Waals surface area (Å²) < 4.78 is 0. The van der Waals surface area contributed by atoms with Gasteiger partial charge in [-0.1, -0.05) is 0 Å². The third kappa shape index (κ3) is 9.21. The average molecular weight is 486 g/mol. The summed E-state index contributed by atoms with van der Waals surface area (Å²) in [5.41, 5.74) is 5.78. The van der Waals surface area contributed by atoms with Crippen LogP contribution in [0.5, 0.6) is 0 Å². The number of rotatable bonds is 14. The number of aromatic amines is 1. The maximum atomic E-state index is 12.7. The Balaban J connectivity index is 3.04. The molecule has 34 heavy (non-hydrogen) atoms. The van der Waals surface area contributed by atoms with Gasteiger partial charge in [-0.25, -0.2) is 9.78 Å². The number of imidazole rings is 1. The Bertz CT molecular complexity index is 903.